The average molecular weight is 372 g/mol. The summed E-state index contributed by atoms with van der Waals surface area (Å²) in [7, 11) is 5.60. The molecule has 4 fully saturated rings. The molecule has 0 aromatic carbocycles. The van der Waals surface area contributed by atoms with Crippen molar-refractivity contribution in [1.82, 2.24) is 0 Å². The minimum atomic E-state index is -2.07. The Morgan fingerprint density at radius 1 is 1.00 bits per heavy atom. The fourth-order valence-electron chi connectivity index (χ4n) is 8.38. The van der Waals surface area contributed by atoms with Crippen LogP contribution in [0.2, 0.25) is 0 Å². The summed E-state index contributed by atoms with van der Waals surface area (Å²) in [5.74, 6) is 2.72. The highest BCUT2D eigenvalue weighted by Gasteiger charge is 2.59. The second-order valence-corrected chi connectivity index (χ2v) is 11.0. The number of carbonyl (C=O) groups is 1. The molecule has 0 heterocycles. The fraction of sp³-hybridized carbons (Fsp3) is 0.957. The summed E-state index contributed by atoms with van der Waals surface area (Å²) in [5, 5.41) is 19.1. The van der Waals surface area contributed by atoms with Gasteiger partial charge in [0.1, 0.15) is 13.3 Å². The van der Waals surface area contributed by atoms with Gasteiger partial charge in [0.15, 0.2) is 0 Å². The minimum Gasteiger partial charge on any atom is -0.480 e. The van der Waals surface area contributed by atoms with E-state index in [1.165, 1.54) is 64.2 Å². The number of aliphatic carboxylic acids is 1. The second kappa shape index (κ2) is 6.78. The van der Waals surface area contributed by atoms with Crippen LogP contribution in [0.25, 0.3) is 0 Å². The zero-order valence-electron chi connectivity index (χ0n) is 17.3. The molecule has 2 N–H and O–H groups in total. The van der Waals surface area contributed by atoms with Crippen LogP contribution in [0.5, 0.6) is 0 Å². The first-order chi connectivity index (χ1) is 12.7. The predicted molar refractivity (Wildman–Crippen MR) is 107 cm³/mol. The van der Waals surface area contributed by atoms with Gasteiger partial charge in [-0.05, 0) is 105 Å². The third-order valence-electron chi connectivity index (χ3n) is 10.0. The lowest BCUT2D eigenvalue weighted by atomic mass is 9.45. The Kier molecular flexibility index (Phi) is 4.97. The van der Waals surface area contributed by atoms with Crippen molar-refractivity contribution >= 4 is 13.8 Å². The van der Waals surface area contributed by atoms with Crippen molar-refractivity contribution in [2.75, 3.05) is 0 Å². The Bertz CT molecular complexity index is 590. The number of hydrogen-bond acceptors (Lipinski definition) is 2. The lowest BCUT2D eigenvalue weighted by Gasteiger charge is -2.60. The van der Waals surface area contributed by atoms with Gasteiger partial charge in [0.2, 0.25) is 0 Å². The van der Waals surface area contributed by atoms with Crippen LogP contribution < -0.4 is 0 Å². The Morgan fingerprint density at radius 2 is 1.74 bits per heavy atom. The Balaban J connectivity index is 1.49. The van der Waals surface area contributed by atoms with Crippen LogP contribution in [-0.4, -0.2) is 29.5 Å². The molecule has 0 spiro atoms. The van der Waals surface area contributed by atoms with E-state index in [-0.39, 0.29) is 6.42 Å². The summed E-state index contributed by atoms with van der Waals surface area (Å²) in [6.07, 6.45) is 14.6. The number of aliphatic hydroxyl groups is 1. The van der Waals surface area contributed by atoms with Crippen molar-refractivity contribution in [2.45, 2.75) is 96.4 Å². The largest absolute Gasteiger partial charge is 0.480 e. The van der Waals surface area contributed by atoms with E-state index in [0.717, 1.165) is 30.1 Å². The van der Waals surface area contributed by atoms with Crippen LogP contribution in [0.3, 0.4) is 0 Å². The zero-order chi connectivity index (χ0) is 19.4. The topological polar surface area (TPSA) is 57.5 Å². The maximum absolute atomic E-state index is 11.2. The highest BCUT2D eigenvalue weighted by Crippen LogP contribution is 2.67. The van der Waals surface area contributed by atoms with E-state index < -0.39 is 11.5 Å². The van der Waals surface area contributed by atoms with Crippen molar-refractivity contribution in [2.24, 2.45) is 40.4 Å². The van der Waals surface area contributed by atoms with Gasteiger partial charge in [-0.3, -0.25) is 0 Å². The van der Waals surface area contributed by atoms with Crippen molar-refractivity contribution < 1.29 is 15.0 Å². The number of rotatable bonds is 4. The molecular weight excluding hydrogens is 335 g/mol. The molecule has 4 saturated carbocycles. The smallest absolute Gasteiger partial charge is 0.325 e. The summed E-state index contributed by atoms with van der Waals surface area (Å²) in [4.78, 5) is 11.2. The van der Waals surface area contributed by atoms with Crippen LogP contribution in [-0.2, 0) is 4.79 Å². The molecule has 0 aromatic heterocycles. The molecule has 0 aliphatic heterocycles. The number of carboxylic acid groups (broad SMARTS) is 1. The molecule has 8 unspecified atom stereocenters. The van der Waals surface area contributed by atoms with Gasteiger partial charge in [0, 0.05) is 0 Å². The molecule has 0 bridgehead atoms. The quantitative estimate of drug-likeness (QED) is 0.700. The molecular formula is C23H37BO3. The van der Waals surface area contributed by atoms with Gasteiger partial charge < -0.3 is 10.2 Å². The summed E-state index contributed by atoms with van der Waals surface area (Å²) in [6.45, 7) is 5.08. The van der Waals surface area contributed by atoms with Gasteiger partial charge >= 0.3 is 5.97 Å². The van der Waals surface area contributed by atoms with Gasteiger partial charge in [-0.15, -0.1) is 0 Å². The molecule has 0 amide bonds. The van der Waals surface area contributed by atoms with Crippen molar-refractivity contribution in [3.63, 3.8) is 0 Å². The van der Waals surface area contributed by atoms with E-state index in [2.05, 4.69) is 13.8 Å². The maximum atomic E-state index is 11.2. The first-order valence-electron chi connectivity index (χ1n) is 11.4. The molecule has 150 valence electrons. The summed E-state index contributed by atoms with van der Waals surface area (Å²) >= 11 is 0. The van der Waals surface area contributed by atoms with E-state index in [9.17, 15) is 9.90 Å². The second-order valence-electron chi connectivity index (χ2n) is 11.0. The van der Waals surface area contributed by atoms with Gasteiger partial charge in [-0.1, -0.05) is 26.7 Å². The van der Waals surface area contributed by atoms with Crippen LogP contribution in [0.4, 0.5) is 0 Å². The lowest BCUT2D eigenvalue weighted by Crippen LogP contribution is -2.52. The molecule has 4 rings (SSSR count). The lowest BCUT2D eigenvalue weighted by molar-refractivity contribution is -0.151. The van der Waals surface area contributed by atoms with Gasteiger partial charge in [0.05, 0.1) is 0 Å². The van der Waals surface area contributed by atoms with E-state index in [1.54, 1.807) is 0 Å². The SMILES string of the molecule is [B]C(O)(CCC1CCC2C3CCC4CCCCC4(C)C3CCC12C)C(=O)O. The van der Waals surface area contributed by atoms with Gasteiger partial charge in [0.25, 0.3) is 0 Å². The maximum Gasteiger partial charge on any atom is 0.325 e. The molecule has 2 radical (unpaired) electrons. The standard InChI is InChI=1S/C23H37BO3/c1-21-12-4-3-5-15(21)6-8-17-18-9-7-16(10-14-23(24,27)20(25)26)22(18,2)13-11-19(17)21/h15-19,27H,3-14H2,1-2H3,(H,25,26). The minimum absolute atomic E-state index is 0.170. The highest BCUT2D eigenvalue weighted by atomic mass is 16.4. The first-order valence-corrected chi connectivity index (χ1v) is 11.4. The Hall–Kier alpha value is -0.505. The van der Waals surface area contributed by atoms with Crippen LogP contribution in [0.15, 0.2) is 0 Å². The van der Waals surface area contributed by atoms with Crippen LogP contribution >= 0.6 is 0 Å². The molecule has 8 atom stereocenters. The average Bonchev–Trinajstić information content (AvgIpc) is 2.96. The molecule has 0 saturated heterocycles. The van der Waals surface area contributed by atoms with Gasteiger partial charge in [-0.2, -0.15) is 0 Å². The third-order valence-corrected chi connectivity index (χ3v) is 10.0. The Labute approximate surface area is 166 Å². The number of fused-ring (bicyclic) bond motifs is 5. The van der Waals surface area contributed by atoms with E-state index >= 15 is 0 Å². The molecule has 4 heteroatoms. The van der Waals surface area contributed by atoms with Crippen molar-refractivity contribution in [3.8, 4) is 0 Å². The number of carboxylic acids is 1. The first kappa shape index (κ1) is 19.8. The Morgan fingerprint density at radius 3 is 2.48 bits per heavy atom. The van der Waals surface area contributed by atoms with E-state index in [1.807, 2.05) is 0 Å². The highest BCUT2D eigenvalue weighted by molar-refractivity contribution is 6.25. The monoisotopic (exact) mass is 372 g/mol. The van der Waals surface area contributed by atoms with Crippen molar-refractivity contribution in [1.29, 1.82) is 0 Å². The molecule has 0 aromatic rings. The number of hydrogen-bond donors (Lipinski definition) is 2. The zero-order valence-corrected chi connectivity index (χ0v) is 17.3. The molecule has 4 aliphatic carbocycles. The summed E-state index contributed by atoms with van der Waals surface area (Å²) in [6, 6.07) is 0. The van der Waals surface area contributed by atoms with Crippen LogP contribution in [0, 0.1) is 40.4 Å². The van der Waals surface area contributed by atoms with Gasteiger partial charge in [-0.25, -0.2) is 4.79 Å². The predicted octanol–water partition coefficient (Wildman–Crippen LogP) is 4.76. The molecule has 3 nitrogen and oxygen atoms in total. The molecule has 27 heavy (non-hydrogen) atoms. The van der Waals surface area contributed by atoms with E-state index in [0.29, 0.717) is 16.7 Å². The summed E-state index contributed by atoms with van der Waals surface area (Å²) < 4.78 is 0. The molecule has 4 aliphatic rings. The normalized spacial score (nSPS) is 48.8. The van der Waals surface area contributed by atoms with Crippen molar-refractivity contribution in [3.05, 3.63) is 0 Å². The third kappa shape index (κ3) is 3.09. The van der Waals surface area contributed by atoms with Crippen LogP contribution in [0.1, 0.15) is 90.9 Å². The fourth-order valence-corrected chi connectivity index (χ4v) is 8.38. The summed E-state index contributed by atoms with van der Waals surface area (Å²) in [5.41, 5.74) is -1.19. The van der Waals surface area contributed by atoms with E-state index in [4.69, 9.17) is 13.0 Å².